The van der Waals surface area contributed by atoms with Crippen LogP contribution in [0.3, 0.4) is 0 Å². The fourth-order valence-corrected chi connectivity index (χ4v) is 3.83. The lowest BCUT2D eigenvalue weighted by Crippen LogP contribution is -2.35. The minimum absolute atomic E-state index is 0.132. The van der Waals surface area contributed by atoms with E-state index < -0.39 is 10.0 Å². The van der Waals surface area contributed by atoms with Crippen LogP contribution in [0.5, 0.6) is 0 Å². The highest BCUT2D eigenvalue weighted by Gasteiger charge is 2.25. The number of hydrogen-bond acceptors (Lipinski definition) is 4. The molecule has 0 radical (unpaired) electrons. The number of rotatable bonds is 4. The summed E-state index contributed by atoms with van der Waals surface area (Å²) in [6, 6.07) is 3.40. The second-order valence-electron chi connectivity index (χ2n) is 4.93. The highest BCUT2D eigenvalue weighted by Crippen LogP contribution is 2.21. The monoisotopic (exact) mass is 284 g/mol. The molecule has 19 heavy (non-hydrogen) atoms. The number of nitrogens with one attached hydrogen (secondary N) is 1. The van der Waals surface area contributed by atoms with Crippen LogP contribution in [0.2, 0.25) is 0 Å². The molecule has 106 valence electrons. The molecule has 1 aromatic rings. The van der Waals surface area contributed by atoms with Gasteiger partial charge in [-0.2, -0.15) is 0 Å². The van der Waals surface area contributed by atoms with Crippen molar-refractivity contribution in [3.8, 4) is 0 Å². The Bertz CT molecular complexity index is 563. The number of benzene rings is 1. The largest absolute Gasteiger partial charge is 0.380 e. The van der Waals surface area contributed by atoms with Gasteiger partial charge in [-0.3, -0.25) is 0 Å². The molecule has 0 saturated carbocycles. The molecule has 1 fully saturated rings. The first-order chi connectivity index (χ1) is 8.94. The molecule has 0 aliphatic carbocycles. The summed E-state index contributed by atoms with van der Waals surface area (Å²) in [6.07, 6.45) is 0.716. The van der Waals surface area contributed by atoms with E-state index in [1.165, 1.54) is 0 Å². The van der Waals surface area contributed by atoms with Gasteiger partial charge in [-0.05, 0) is 43.0 Å². The number of aryl methyl sites for hydroxylation is 2. The van der Waals surface area contributed by atoms with Crippen LogP contribution in [-0.4, -0.2) is 27.7 Å². The third kappa shape index (κ3) is 3.14. The molecule has 1 aromatic carbocycles. The van der Waals surface area contributed by atoms with Gasteiger partial charge in [0, 0.05) is 19.2 Å². The summed E-state index contributed by atoms with van der Waals surface area (Å²) in [5.74, 6) is 0. The Kier molecular flexibility index (Phi) is 4.25. The third-order valence-electron chi connectivity index (χ3n) is 3.39. The Morgan fingerprint density at radius 2 is 2.11 bits per heavy atom. The van der Waals surface area contributed by atoms with Gasteiger partial charge in [0.2, 0.25) is 10.0 Å². The van der Waals surface area contributed by atoms with Crippen molar-refractivity contribution in [2.24, 2.45) is 5.73 Å². The van der Waals surface area contributed by atoms with Crippen molar-refractivity contribution < 1.29 is 13.2 Å². The van der Waals surface area contributed by atoms with Gasteiger partial charge in [0.25, 0.3) is 0 Å². The first kappa shape index (κ1) is 14.5. The number of hydrogen-bond donors (Lipinski definition) is 2. The van der Waals surface area contributed by atoms with Crippen LogP contribution < -0.4 is 10.5 Å². The summed E-state index contributed by atoms with van der Waals surface area (Å²) in [5.41, 5.74) is 8.25. The van der Waals surface area contributed by atoms with Crippen molar-refractivity contribution in [3.63, 3.8) is 0 Å². The lowest BCUT2D eigenvalue weighted by molar-refractivity contribution is 0.192. The normalized spacial score (nSPS) is 19.8. The lowest BCUT2D eigenvalue weighted by Gasteiger charge is -2.15. The van der Waals surface area contributed by atoms with Crippen LogP contribution in [0.1, 0.15) is 23.1 Å². The van der Waals surface area contributed by atoms with Crippen LogP contribution in [0.15, 0.2) is 17.0 Å². The van der Waals surface area contributed by atoms with Crippen LogP contribution in [-0.2, 0) is 21.3 Å². The Morgan fingerprint density at radius 3 is 2.68 bits per heavy atom. The zero-order valence-corrected chi connectivity index (χ0v) is 12.1. The van der Waals surface area contributed by atoms with Gasteiger partial charge in [-0.1, -0.05) is 6.07 Å². The van der Waals surface area contributed by atoms with E-state index in [0.29, 0.717) is 31.1 Å². The van der Waals surface area contributed by atoms with Gasteiger partial charge >= 0.3 is 0 Å². The summed E-state index contributed by atoms with van der Waals surface area (Å²) < 4.78 is 32.6. The predicted octanol–water partition coefficient (Wildman–Crippen LogP) is 0.829. The van der Waals surface area contributed by atoms with E-state index in [2.05, 4.69) is 4.72 Å². The van der Waals surface area contributed by atoms with E-state index in [1.807, 2.05) is 13.0 Å². The molecule has 5 nitrogen and oxygen atoms in total. The molecular weight excluding hydrogens is 264 g/mol. The SMILES string of the molecule is Cc1cc(C)c(S(=O)(=O)NC2CCOC2)cc1CN. The smallest absolute Gasteiger partial charge is 0.241 e. The van der Waals surface area contributed by atoms with Gasteiger partial charge in [0.05, 0.1) is 11.5 Å². The third-order valence-corrected chi connectivity index (χ3v) is 5.06. The van der Waals surface area contributed by atoms with E-state index >= 15 is 0 Å². The molecule has 3 N–H and O–H groups in total. The van der Waals surface area contributed by atoms with Gasteiger partial charge in [-0.25, -0.2) is 13.1 Å². The van der Waals surface area contributed by atoms with Gasteiger partial charge in [0.15, 0.2) is 0 Å². The molecule has 1 unspecified atom stereocenters. The Balaban J connectivity index is 2.33. The molecule has 0 amide bonds. The zero-order chi connectivity index (χ0) is 14.0. The summed E-state index contributed by atoms with van der Waals surface area (Å²) in [6.45, 7) is 5.11. The fraction of sp³-hybridized carbons (Fsp3) is 0.538. The topological polar surface area (TPSA) is 81.4 Å². The highest BCUT2D eigenvalue weighted by atomic mass is 32.2. The Hall–Kier alpha value is -0.950. The average Bonchev–Trinajstić information content (AvgIpc) is 2.80. The second-order valence-corrected chi connectivity index (χ2v) is 6.61. The maximum Gasteiger partial charge on any atom is 0.241 e. The number of sulfonamides is 1. The first-order valence-electron chi connectivity index (χ1n) is 6.34. The summed E-state index contributed by atoms with van der Waals surface area (Å²) >= 11 is 0. The molecule has 1 heterocycles. The highest BCUT2D eigenvalue weighted by molar-refractivity contribution is 7.89. The van der Waals surface area contributed by atoms with Crippen LogP contribution in [0.4, 0.5) is 0 Å². The zero-order valence-electron chi connectivity index (χ0n) is 11.3. The standard InChI is InChI=1S/C13H20N2O3S/c1-9-5-10(2)13(6-11(9)7-14)19(16,17)15-12-3-4-18-8-12/h5-6,12,15H,3-4,7-8,14H2,1-2H3. The fourth-order valence-electron chi connectivity index (χ4n) is 2.29. The average molecular weight is 284 g/mol. The van der Waals surface area contributed by atoms with Gasteiger partial charge in [-0.15, -0.1) is 0 Å². The molecule has 0 aromatic heterocycles. The van der Waals surface area contributed by atoms with Crippen LogP contribution in [0, 0.1) is 13.8 Å². The molecule has 1 aliphatic heterocycles. The molecule has 2 rings (SSSR count). The molecule has 6 heteroatoms. The summed E-state index contributed by atoms with van der Waals surface area (Å²) in [5, 5.41) is 0. The molecule has 0 bridgehead atoms. The van der Waals surface area contributed by atoms with E-state index in [1.54, 1.807) is 13.0 Å². The number of ether oxygens (including phenoxy) is 1. The van der Waals surface area contributed by atoms with Gasteiger partial charge < -0.3 is 10.5 Å². The van der Waals surface area contributed by atoms with Crippen molar-refractivity contribution in [2.45, 2.75) is 37.8 Å². The van der Waals surface area contributed by atoms with E-state index in [-0.39, 0.29) is 6.04 Å². The van der Waals surface area contributed by atoms with Crippen molar-refractivity contribution in [2.75, 3.05) is 13.2 Å². The van der Waals surface area contributed by atoms with Gasteiger partial charge in [0.1, 0.15) is 0 Å². The minimum Gasteiger partial charge on any atom is -0.380 e. The van der Waals surface area contributed by atoms with Crippen molar-refractivity contribution in [1.82, 2.24) is 4.72 Å². The van der Waals surface area contributed by atoms with E-state index in [9.17, 15) is 8.42 Å². The van der Waals surface area contributed by atoms with Crippen molar-refractivity contribution in [1.29, 1.82) is 0 Å². The van der Waals surface area contributed by atoms with Crippen molar-refractivity contribution in [3.05, 3.63) is 28.8 Å². The Morgan fingerprint density at radius 1 is 1.37 bits per heavy atom. The number of nitrogens with two attached hydrogens (primary N) is 1. The van der Waals surface area contributed by atoms with Crippen LogP contribution >= 0.6 is 0 Å². The van der Waals surface area contributed by atoms with Crippen LogP contribution in [0.25, 0.3) is 0 Å². The maximum atomic E-state index is 12.4. The second kappa shape index (κ2) is 5.58. The maximum absolute atomic E-state index is 12.4. The lowest BCUT2D eigenvalue weighted by atomic mass is 10.1. The molecule has 1 atom stereocenters. The molecule has 1 aliphatic rings. The minimum atomic E-state index is -3.51. The summed E-state index contributed by atoms with van der Waals surface area (Å²) in [7, 11) is -3.51. The quantitative estimate of drug-likeness (QED) is 0.858. The molecule has 1 saturated heterocycles. The van der Waals surface area contributed by atoms with Crippen molar-refractivity contribution >= 4 is 10.0 Å². The predicted molar refractivity (Wildman–Crippen MR) is 73.4 cm³/mol. The molecular formula is C13H20N2O3S. The Labute approximate surface area is 114 Å². The molecule has 0 spiro atoms. The van der Waals surface area contributed by atoms with E-state index in [4.69, 9.17) is 10.5 Å². The summed E-state index contributed by atoms with van der Waals surface area (Å²) in [4.78, 5) is 0.311. The first-order valence-corrected chi connectivity index (χ1v) is 7.82. The van der Waals surface area contributed by atoms with E-state index in [0.717, 1.165) is 16.7 Å².